The van der Waals surface area contributed by atoms with Crippen molar-refractivity contribution in [1.82, 2.24) is 0 Å². The van der Waals surface area contributed by atoms with Gasteiger partial charge in [-0.2, -0.15) is 0 Å². The number of aliphatic hydroxyl groups is 3. The van der Waals surface area contributed by atoms with Crippen LogP contribution in [0.15, 0.2) is 12.7 Å². The Kier molecular flexibility index (Phi) is 13.3. The lowest BCUT2D eigenvalue weighted by molar-refractivity contribution is -0.0730. The number of allylic oxidation sites excluding steroid dienone is 1. The van der Waals surface area contributed by atoms with E-state index in [0.29, 0.717) is 6.61 Å². The van der Waals surface area contributed by atoms with Gasteiger partial charge < -0.3 is 24.8 Å². The zero-order chi connectivity index (χ0) is 18.3. The molecule has 1 saturated heterocycles. The summed E-state index contributed by atoms with van der Waals surface area (Å²) < 4.78 is 11.0. The molecule has 0 unspecified atom stereocenters. The minimum atomic E-state index is -1.05. The fourth-order valence-electron chi connectivity index (χ4n) is 3.24. The zero-order valence-corrected chi connectivity index (χ0v) is 15.7. The average molecular weight is 359 g/mol. The van der Waals surface area contributed by atoms with Gasteiger partial charge in [-0.1, -0.05) is 57.4 Å². The molecule has 5 heteroatoms. The van der Waals surface area contributed by atoms with Gasteiger partial charge in [0.05, 0.1) is 13.2 Å². The normalized spacial score (nSPS) is 24.5. The molecule has 0 bridgehead atoms. The van der Waals surface area contributed by atoms with E-state index >= 15 is 0 Å². The van der Waals surface area contributed by atoms with Gasteiger partial charge in [-0.3, -0.25) is 0 Å². The summed E-state index contributed by atoms with van der Waals surface area (Å²) in [5.41, 5.74) is 0. The number of hydrogen-bond donors (Lipinski definition) is 3. The van der Waals surface area contributed by atoms with Crippen LogP contribution in [-0.4, -0.2) is 59.6 Å². The third-order valence-electron chi connectivity index (χ3n) is 4.87. The third-order valence-corrected chi connectivity index (χ3v) is 4.87. The molecule has 0 amide bonds. The summed E-state index contributed by atoms with van der Waals surface area (Å²) in [6.45, 7) is 4.21. The SMILES string of the molecule is C=CCCCCCCCCCCCCO[C@@H]1CO[C@H]([C@@H](O)CO)[C@@H]1O. The number of ether oxygens (including phenoxy) is 2. The third kappa shape index (κ3) is 9.71. The number of aliphatic hydroxyl groups excluding tert-OH is 3. The molecule has 0 aromatic rings. The molecule has 0 aromatic heterocycles. The molecule has 148 valence electrons. The van der Waals surface area contributed by atoms with E-state index in [1.165, 1.54) is 51.4 Å². The van der Waals surface area contributed by atoms with Gasteiger partial charge in [0, 0.05) is 6.61 Å². The van der Waals surface area contributed by atoms with Crippen LogP contribution in [-0.2, 0) is 9.47 Å². The first-order valence-corrected chi connectivity index (χ1v) is 10.0. The van der Waals surface area contributed by atoms with Crippen LogP contribution in [0.4, 0.5) is 0 Å². The Morgan fingerprint density at radius 2 is 1.56 bits per heavy atom. The molecule has 4 atom stereocenters. The second-order valence-corrected chi connectivity index (χ2v) is 7.06. The zero-order valence-electron chi connectivity index (χ0n) is 15.7. The van der Waals surface area contributed by atoms with Crippen molar-refractivity contribution < 1.29 is 24.8 Å². The van der Waals surface area contributed by atoms with Crippen LogP contribution in [0.5, 0.6) is 0 Å². The predicted molar refractivity (Wildman–Crippen MR) is 99.6 cm³/mol. The van der Waals surface area contributed by atoms with Crippen molar-refractivity contribution in [3.8, 4) is 0 Å². The summed E-state index contributed by atoms with van der Waals surface area (Å²) in [5, 5.41) is 28.5. The second-order valence-electron chi connectivity index (χ2n) is 7.06. The Morgan fingerprint density at radius 1 is 1.00 bits per heavy atom. The molecule has 0 saturated carbocycles. The molecule has 0 aliphatic carbocycles. The van der Waals surface area contributed by atoms with E-state index in [1.54, 1.807) is 0 Å². The Labute approximate surface area is 153 Å². The fraction of sp³-hybridized carbons (Fsp3) is 0.900. The smallest absolute Gasteiger partial charge is 0.114 e. The fourth-order valence-corrected chi connectivity index (χ4v) is 3.24. The van der Waals surface area contributed by atoms with Crippen LogP contribution >= 0.6 is 0 Å². The van der Waals surface area contributed by atoms with Crippen molar-refractivity contribution in [2.24, 2.45) is 0 Å². The van der Waals surface area contributed by atoms with Gasteiger partial charge in [0.1, 0.15) is 24.4 Å². The van der Waals surface area contributed by atoms with Crippen LogP contribution in [0.1, 0.15) is 70.6 Å². The summed E-state index contributed by atoms with van der Waals surface area (Å²) in [7, 11) is 0. The molecule has 0 aromatic carbocycles. The van der Waals surface area contributed by atoms with Crippen LogP contribution in [0.3, 0.4) is 0 Å². The molecule has 1 heterocycles. The van der Waals surface area contributed by atoms with Crippen molar-refractivity contribution >= 4 is 0 Å². The molecule has 0 spiro atoms. The standard InChI is InChI=1S/C20H38O5/c1-2-3-4-5-6-7-8-9-10-11-12-13-14-24-18-16-25-20(19(18)23)17(22)15-21/h2,17-23H,1,3-16H2/t17-,18+,19+,20+/m0/s1. The molecule has 1 fully saturated rings. The molecule has 1 aliphatic heterocycles. The molecular formula is C20H38O5. The Hall–Kier alpha value is -0.460. The summed E-state index contributed by atoms with van der Waals surface area (Å²) in [6, 6.07) is 0. The van der Waals surface area contributed by atoms with Gasteiger partial charge >= 0.3 is 0 Å². The van der Waals surface area contributed by atoms with Gasteiger partial charge in [0.15, 0.2) is 0 Å². The molecule has 0 radical (unpaired) electrons. The summed E-state index contributed by atoms with van der Waals surface area (Å²) in [5.74, 6) is 0. The number of rotatable bonds is 16. The lowest BCUT2D eigenvalue weighted by Gasteiger charge is -2.20. The number of unbranched alkanes of at least 4 members (excludes halogenated alkanes) is 10. The first kappa shape index (κ1) is 22.6. The lowest BCUT2D eigenvalue weighted by Crippen LogP contribution is -2.41. The van der Waals surface area contributed by atoms with E-state index in [4.69, 9.17) is 14.6 Å². The molecule has 1 aliphatic rings. The van der Waals surface area contributed by atoms with Crippen molar-refractivity contribution in [3.05, 3.63) is 12.7 Å². The molecular weight excluding hydrogens is 320 g/mol. The first-order chi connectivity index (χ1) is 12.2. The minimum absolute atomic E-state index is 0.274. The van der Waals surface area contributed by atoms with Crippen molar-refractivity contribution in [1.29, 1.82) is 0 Å². The van der Waals surface area contributed by atoms with Crippen molar-refractivity contribution in [2.75, 3.05) is 19.8 Å². The van der Waals surface area contributed by atoms with Crippen molar-refractivity contribution in [2.45, 2.75) is 95.0 Å². The monoisotopic (exact) mass is 358 g/mol. The predicted octanol–water partition coefficient (Wildman–Crippen LogP) is 2.96. The Bertz CT molecular complexity index is 323. The molecule has 1 rings (SSSR count). The molecule has 25 heavy (non-hydrogen) atoms. The van der Waals surface area contributed by atoms with Gasteiger partial charge in [-0.05, 0) is 19.3 Å². The van der Waals surface area contributed by atoms with E-state index in [-0.39, 0.29) is 6.61 Å². The van der Waals surface area contributed by atoms with E-state index in [2.05, 4.69) is 6.58 Å². The average Bonchev–Trinajstić information content (AvgIpc) is 2.99. The van der Waals surface area contributed by atoms with Gasteiger partial charge in [-0.25, -0.2) is 0 Å². The van der Waals surface area contributed by atoms with Crippen LogP contribution in [0.25, 0.3) is 0 Å². The minimum Gasteiger partial charge on any atom is -0.394 e. The Morgan fingerprint density at radius 3 is 2.12 bits per heavy atom. The molecule has 5 nitrogen and oxygen atoms in total. The highest BCUT2D eigenvalue weighted by molar-refractivity contribution is 4.88. The van der Waals surface area contributed by atoms with Crippen LogP contribution < -0.4 is 0 Å². The van der Waals surface area contributed by atoms with Gasteiger partial charge in [0.2, 0.25) is 0 Å². The van der Waals surface area contributed by atoms with E-state index in [1.807, 2.05) is 6.08 Å². The first-order valence-electron chi connectivity index (χ1n) is 10.0. The maximum Gasteiger partial charge on any atom is 0.114 e. The van der Waals surface area contributed by atoms with E-state index in [0.717, 1.165) is 19.3 Å². The van der Waals surface area contributed by atoms with E-state index in [9.17, 15) is 10.2 Å². The van der Waals surface area contributed by atoms with E-state index < -0.39 is 31.0 Å². The maximum absolute atomic E-state index is 10.0. The Balaban J connectivity index is 1.87. The van der Waals surface area contributed by atoms with Gasteiger partial charge in [0.25, 0.3) is 0 Å². The topological polar surface area (TPSA) is 79.2 Å². The highest BCUT2D eigenvalue weighted by atomic mass is 16.6. The highest BCUT2D eigenvalue weighted by Gasteiger charge is 2.40. The second kappa shape index (κ2) is 14.7. The molecule has 3 N–H and O–H groups in total. The highest BCUT2D eigenvalue weighted by Crippen LogP contribution is 2.20. The van der Waals surface area contributed by atoms with Gasteiger partial charge in [-0.15, -0.1) is 6.58 Å². The quantitative estimate of drug-likeness (QED) is 0.292. The largest absolute Gasteiger partial charge is 0.394 e. The summed E-state index contributed by atoms with van der Waals surface area (Å²) >= 11 is 0. The summed E-state index contributed by atoms with van der Waals surface area (Å²) in [6.07, 6.45) is 12.7. The maximum atomic E-state index is 10.0. The summed E-state index contributed by atoms with van der Waals surface area (Å²) in [4.78, 5) is 0. The lowest BCUT2D eigenvalue weighted by atomic mass is 10.1. The number of hydrogen-bond acceptors (Lipinski definition) is 5. The van der Waals surface area contributed by atoms with Crippen LogP contribution in [0, 0.1) is 0 Å². The van der Waals surface area contributed by atoms with Crippen LogP contribution in [0.2, 0.25) is 0 Å². The van der Waals surface area contributed by atoms with Crippen molar-refractivity contribution in [3.63, 3.8) is 0 Å².